The molecule has 106 valence electrons. The molecule has 0 aromatic carbocycles. The number of anilines is 1. The molecule has 2 rings (SSSR count). The number of aromatic nitrogens is 2. The first kappa shape index (κ1) is 14.3. The van der Waals surface area contributed by atoms with Crippen LogP contribution in [0.1, 0.15) is 45.7 Å². The molecule has 0 radical (unpaired) electrons. The fraction of sp³-hybridized carbons (Fsp3) is 0.733. The first-order valence-electron chi connectivity index (χ1n) is 7.59. The molecule has 1 N–H and O–H groups in total. The van der Waals surface area contributed by atoms with Crippen molar-refractivity contribution in [2.24, 2.45) is 0 Å². The van der Waals surface area contributed by atoms with E-state index in [4.69, 9.17) is 0 Å². The van der Waals surface area contributed by atoms with Gasteiger partial charge in [0.2, 0.25) is 0 Å². The molecule has 0 aliphatic carbocycles. The van der Waals surface area contributed by atoms with Crippen molar-refractivity contribution in [3.63, 3.8) is 0 Å². The van der Waals surface area contributed by atoms with Crippen molar-refractivity contribution < 1.29 is 0 Å². The molecule has 0 saturated carbocycles. The highest BCUT2D eigenvalue weighted by molar-refractivity contribution is 5.41. The fourth-order valence-electron chi connectivity index (χ4n) is 2.72. The summed E-state index contributed by atoms with van der Waals surface area (Å²) in [5.74, 6) is 1.10. The largest absolute Gasteiger partial charge is 0.351 e. The Hall–Kier alpha value is -1.16. The minimum Gasteiger partial charge on any atom is -0.351 e. The molecular weight excluding hydrogens is 236 g/mol. The molecule has 0 bridgehead atoms. The Morgan fingerprint density at radius 1 is 1.26 bits per heavy atom. The molecule has 1 aromatic heterocycles. The summed E-state index contributed by atoms with van der Waals surface area (Å²) in [7, 11) is 0. The normalized spacial score (nSPS) is 23.6. The van der Waals surface area contributed by atoms with E-state index in [1.165, 1.54) is 6.42 Å². The Bertz CT molecular complexity index is 393. The van der Waals surface area contributed by atoms with E-state index in [0.29, 0.717) is 12.1 Å². The predicted molar refractivity (Wildman–Crippen MR) is 79.5 cm³/mol. The first-order valence-corrected chi connectivity index (χ1v) is 7.59. The maximum absolute atomic E-state index is 4.50. The van der Waals surface area contributed by atoms with Gasteiger partial charge in [-0.1, -0.05) is 27.2 Å². The van der Waals surface area contributed by atoms with Gasteiger partial charge in [-0.05, 0) is 19.3 Å². The van der Waals surface area contributed by atoms with Crippen molar-refractivity contribution in [3.8, 4) is 0 Å². The molecule has 1 aliphatic heterocycles. The monoisotopic (exact) mass is 262 g/mol. The Labute approximate surface area is 116 Å². The molecule has 0 spiro atoms. The van der Waals surface area contributed by atoms with Gasteiger partial charge in [0.1, 0.15) is 12.1 Å². The molecule has 2 atom stereocenters. The third kappa shape index (κ3) is 3.44. The van der Waals surface area contributed by atoms with E-state index in [1.807, 2.05) is 0 Å². The third-order valence-corrected chi connectivity index (χ3v) is 3.97. The smallest absolute Gasteiger partial charge is 0.132 e. The van der Waals surface area contributed by atoms with Gasteiger partial charge >= 0.3 is 0 Å². The summed E-state index contributed by atoms with van der Waals surface area (Å²) in [6, 6.07) is 3.30. The summed E-state index contributed by atoms with van der Waals surface area (Å²) in [4.78, 5) is 11.3. The van der Waals surface area contributed by atoms with Crippen LogP contribution in [0.3, 0.4) is 0 Å². The van der Waals surface area contributed by atoms with Crippen LogP contribution in [-0.4, -0.2) is 35.1 Å². The van der Waals surface area contributed by atoms with Gasteiger partial charge in [0.05, 0.1) is 0 Å². The highest BCUT2D eigenvalue weighted by Crippen LogP contribution is 2.20. The summed E-state index contributed by atoms with van der Waals surface area (Å²) in [5.41, 5.74) is 1.16. The average molecular weight is 262 g/mol. The number of hydrogen-bond donors (Lipinski definition) is 1. The zero-order valence-corrected chi connectivity index (χ0v) is 12.4. The summed E-state index contributed by atoms with van der Waals surface area (Å²) < 4.78 is 0. The van der Waals surface area contributed by atoms with E-state index in [-0.39, 0.29) is 0 Å². The lowest BCUT2D eigenvalue weighted by Gasteiger charge is -2.40. The van der Waals surface area contributed by atoms with Gasteiger partial charge in [-0.25, -0.2) is 9.97 Å². The van der Waals surface area contributed by atoms with Crippen LogP contribution in [0.15, 0.2) is 12.4 Å². The van der Waals surface area contributed by atoms with E-state index in [0.717, 1.165) is 43.9 Å². The van der Waals surface area contributed by atoms with E-state index in [1.54, 1.807) is 6.33 Å². The highest BCUT2D eigenvalue weighted by Gasteiger charge is 2.26. The number of piperazine rings is 1. The van der Waals surface area contributed by atoms with Gasteiger partial charge in [0, 0.05) is 36.9 Å². The first-order chi connectivity index (χ1) is 9.28. The predicted octanol–water partition coefficient (Wildman–Crippen LogP) is 2.40. The van der Waals surface area contributed by atoms with Crippen molar-refractivity contribution in [2.45, 2.75) is 58.5 Å². The maximum Gasteiger partial charge on any atom is 0.132 e. The van der Waals surface area contributed by atoms with Crippen LogP contribution in [0.25, 0.3) is 0 Å². The second kappa shape index (κ2) is 6.85. The Morgan fingerprint density at radius 3 is 2.79 bits per heavy atom. The Morgan fingerprint density at radius 2 is 2.11 bits per heavy atom. The van der Waals surface area contributed by atoms with Gasteiger partial charge in [-0.15, -0.1) is 0 Å². The zero-order valence-electron chi connectivity index (χ0n) is 12.4. The number of nitrogens with one attached hydrogen (secondary N) is 1. The van der Waals surface area contributed by atoms with E-state index in [9.17, 15) is 0 Å². The van der Waals surface area contributed by atoms with Crippen LogP contribution in [-0.2, 0) is 6.42 Å². The Balaban J connectivity index is 2.18. The van der Waals surface area contributed by atoms with Crippen molar-refractivity contribution in [1.29, 1.82) is 0 Å². The van der Waals surface area contributed by atoms with Crippen molar-refractivity contribution >= 4 is 5.82 Å². The number of nitrogens with zero attached hydrogens (tertiary/aromatic N) is 3. The zero-order chi connectivity index (χ0) is 13.7. The average Bonchev–Trinajstić information content (AvgIpc) is 2.47. The summed E-state index contributed by atoms with van der Waals surface area (Å²) in [5, 5.41) is 3.62. The lowest BCUT2D eigenvalue weighted by Crippen LogP contribution is -2.56. The SMILES string of the molecule is CCCc1cc(N2CC(CC)NCC2CC)ncn1. The second-order valence-electron chi connectivity index (χ2n) is 5.35. The molecule has 4 heteroatoms. The van der Waals surface area contributed by atoms with Gasteiger partial charge in [0.25, 0.3) is 0 Å². The quantitative estimate of drug-likeness (QED) is 0.884. The van der Waals surface area contributed by atoms with Crippen molar-refractivity contribution in [3.05, 3.63) is 18.1 Å². The van der Waals surface area contributed by atoms with Crippen LogP contribution in [0.5, 0.6) is 0 Å². The van der Waals surface area contributed by atoms with Crippen LogP contribution in [0.2, 0.25) is 0 Å². The third-order valence-electron chi connectivity index (χ3n) is 3.97. The maximum atomic E-state index is 4.50. The minimum absolute atomic E-state index is 0.548. The van der Waals surface area contributed by atoms with E-state index in [2.05, 4.69) is 47.0 Å². The number of hydrogen-bond acceptors (Lipinski definition) is 4. The molecule has 0 amide bonds. The van der Waals surface area contributed by atoms with Crippen LogP contribution in [0, 0.1) is 0 Å². The number of rotatable bonds is 5. The van der Waals surface area contributed by atoms with Crippen LogP contribution < -0.4 is 10.2 Å². The molecule has 19 heavy (non-hydrogen) atoms. The van der Waals surface area contributed by atoms with Gasteiger partial charge in [-0.2, -0.15) is 0 Å². The van der Waals surface area contributed by atoms with Crippen molar-refractivity contribution in [1.82, 2.24) is 15.3 Å². The molecule has 2 unspecified atom stereocenters. The number of aryl methyl sites for hydroxylation is 1. The fourth-order valence-corrected chi connectivity index (χ4v) is 2.72. The topological polar surface area (TPSA) is 41.0 Å². The van der Waals surface area contributed by atoms with Crippen LogP contribution in [0.4, 0.5) is 5.82 Å². The standard InChI is InChI=1S/C15H26N4/c1-4-7-13-8-15(18-11-17-13)19-10-12(5-2)16-9-14(19)6-3/h8,11-12,14,16H,4-7,9-10H2,1-3H3. The highest BCUT2D eigenvalue weighted by atomic mass is 15.3. The Kier molecular flexibility index (Phi) is 5.14. The van der Waals surface area contributed by atoms with Gasteiger partial charge < -0.3 is 10.2 Å². The molecule has 1 fully saturated rings. The van der Waals surface area contributed by atoms with Crippen molar-refractivity contribution in [2.75, 3.05) is 18.0 Å². The summed E-state index contributed by atoms with van der Waals surface area (Å²) in [6.45, 7) is 8.79. The lowest BCUT2D eigenvalue weighted by molar-refractivity contribution is 0.376. The molecule has 1 aromatic rings. The molecule has 2 heterocycles. The molecule has 4 nitrogen and oxygen atoms in total. The minimum atomic E-state index is 0.548. The van der Waals surface area contributed by atoms with Gasteiger partial charge in [0.15, 0.2) is 0 Å². The lowest BCUT2D eigenvalue weighted by atomic mass is 10.1. The van der Waals surface area contributed by atoms with Gasteiger partial charge in [-0.3, -0.25) is 0 Å². The van der Waals surface area contributed by atoms with E-state index >= 15 is 0 Å². The van der Waals surface area contributed by atoms with Crippen LogP contribution >= 0.6 is 0 Å². The molecule has 1 saturated heterocycles. The molecular formula is C15H26N4. The summed E-state index contributed by atoms with van der Waals surface area (Å²) >= 11 is 0. The summed E-state index contributed by atoms with van der Waals surface area (Å²) in [6.07, 6.45) is 6.20. The van der Waals surface area contributed by atoms with E-state index < -0.39 is 0 Å². The molecule has 1 aliphatic rings. The second-order valence-corrected chi connectivity index (χ2v) is 5.35.